The van der Waals surface area contributed by atoms with Gasteiger partial charge in [0.1, 0.15) is 0 Å². The van der Waals surface area contributed by atoms with Gasteiger partial charge in [-0.3, -0.25) is 0 Å². The van der Waals surface area contributed by atoms with Crippen LogP contribution in [-0.2, 0) is 6.18 Å². The van der Waals surface area contributed by atoms with Crippen molar-refractivity contribution in [1.29, 1.82) is 0 Å². The van der Waals surface area contributed by atoms with Gasteiger partial charge < -0.3 is 10.2 Å². The van der Waals surface area contributed by atoms with Crippen molar-refractivity contribution in [2.45, 2.75) is 46.0 Å². The first-order chi connectivity index (χ1) is 9.70. The summed E-state index contributed by atoms with van der Waals surface area (Å²) in [4.78, 5) is 2.14. The maximum Gasteiger partial charge on any atom is 0.416 e. The Kier molecular flexibility index (Phi) is 4.51. The Morgan fingerprint density at radius 3 is 2.52 bits per heavy atom. The van der Waals surface area contributed by atoms with Gasteiger partial charge in [-0.1, -0.05) is 19.9 Å². The Morgan fingerprint density at radius 1 is 1.29 bits per heavy atom. The van der Waals surface area contributed by atoms with Gasteiger partial charge in [0, 0.05) is 30.9 Å². The van der Waals surface area contributed by atoms with Crippen LogP contribution in [0.3, 0.4) is 0 Å². The molecule has 2 unspecified atom stereocenters. The lowest BCUT2D eigenvalue weighted by Gasteiger charge is -2.43. The van der Waals surface area contributed by atoms with Gasteiger partial charge >= 0.3 is 6.18 Å². The molecule has 0 aromatic heterocycles. The number of nitrogens with zero attached hydrogens (tertiary/aromatic N) is 1. The van der Waals surface area contributed by atoms with Crippen molar-refractivity contribution in [3.05, 3.63) is 29.3 Å². The summed E-state index contributed by atoms with van der Waals surface area (Å²) < 4.78 is 38.9. The molecule has 118 valence electrons. The summed E-state index contributed by atoms with van der Waals surface area (Å²) >= 11 is 0. The van der Waals surface area contributed by atoms with Gasteiger partial charge in [-0.05, 0) is 37.5 Å². The lowest BCUT2D eigenvalue weighted by molar-refractivity contribution is -0.137. The number of hydrogen-bond donors (Lipinski definition) is 1. The molecule has 0 saturated carbocycles. The van der Waals surface area contributed by atoms with Gasteiger partial charge in [0.25, 0.3) is 0 Å². The van der Waals surface area contributed by atoms with E-state index in [9.17, 15) is 13.2 Å². The SMILES string of the molecule is Cc1ccc(C(F)(F)F)cc1N1CC(C)NCC1C(C)C. The van der Waals surface area contributed by atoms with Crippen LogP contribution < -0.4 is 10.2 Å². The Hall–Kier alpha value is -1.23. The van der Waals surface area contributed by atoms with Gasteiger partial charge in [-0.25, -0.2) is 0 Å². The van der Waals surface area contributed by atoms with Gasteiger partial charge in [0.05, 0.1) is 5.56 Å². The van der Waals surface area contributed by atoms with E-state index in [-0.39, 0.29) is 12.1 Å². The molecule has 1 heterocycles. The van der Waals surface area contributed by atoms with Crippen LogP contribution in [0.5, 0.6) is 0 Å². The molecule has 1 fully saturated rings. The molecule has 21 heavy (non-hydrogen) atoms. The van der Waals surface area contributed by atoms with E-state index < -0.39 is 11.7 Å². The molecule has 0 aliphatic carbocycles. The van der Waals surface area contributed by atoms with Gasteiger partial charge in [0.15, 0.2) is 0 Å². The maximum atomic E-state index is 13.0. The number of hydrogen-bond acceptors (Lipinski definition) is 2. The Labute approximate surface area is 124 Å². The molecular weight excluding hydrogens is 277 g/mol. The molecule has 2 atom stereocenters. The van der Waals surface area contributed by atoms with Gasteiger partial charge in [-0.2, -0.15) is 13.2 Å². The molecule has 1 aliphatic rings. The molecule has 0 bridgehead atoms. The molecule has 1 aromatic carbocycles. The number of aryl methyl sites for hydroxylation is 1. The van der Waals surface area contributed by atoms with Gasteiger partial charge in [-0.15, -0.1) is 0 Å². The summed E-state index contributed by atoms with van der Waals surface area (Å²) in [5.41, 5.74) is 1.02. The molecule has 0 spiro atoms. The van der Waals surface area contributed by atoms with Crippen LogP contribution in [-0.4, -0.2) is 25.2 Å². The van der Waals surface area contributed by atoms with Crippen molar-refractivity contribution < 1.29 is 13.2 Å². The van der Waals surface area contributed by atoms with E-state index in [1.54, 1.807) is 6.07 Å². The minimum absolute atomic E-state index is 0.211. The first kappa shape index (κ1) is 16.1. The largest absolute Gasteiger partial charge is 0.416 e. The lowest BCUT2D eigenvalue weighted by atomic mass is 9.96. The minimum Gasteiger partial charge on any atom is -0.365 e. The highest BCUT2D eigenvalue weighted by Crippen LogP contribution is 2.35. The summed E-state index contributed by atoms with van der Waals surface area (Å²) in [5, 5.41) is 3.41. The van der Waals surface area contributed by atoms with Crippen molar-refractivity contribution in [3.8, 4) is 0 Å². The van der Waals surface area contributed by atoms with Crippen LogP contribution in [0, 0.1) is 12.8 Å². The number of piperazine rings is 1. The van der Waals surface area contributed by atoms with E-state index in [1.165, 1.54) is 6.07 Å². The van der Waals surface area contributed by atoms with Crippen LogP contribution >= 0.6 is 0 Å². The quantitative estimate of drug-likeness (QED) is 0.893. The molecule has 1 saturated heterocycles. The van der Waals surface area contributed by atoms with E-state index in [1.807, 2.05) is 6.92 Å². The second-order valence-corrected chi connectivity index (χ2v) is 6.27. The predicted molar refractivity (Wildman–Crippen MR) is 79.6 cm³/mol. The standard InChI is InChI=1S/C16H23F3N2/c1-10(2)15-8-20-12(4)9-21(15)14-7-13(16(17,18)19)6-5-11(14)3/h5-7,10,12,15,20H,8-9H2,1-4H3. The highest BCUT2D eigenvalue weighted by molar-refractivity contribution is 5.57. The second kappa shape index (κ2) is 5.87. The van der Waals surface area contributed by atoms with Crippen LogP contribution in [0.2, 0.25) is 0 Å². The zero-order valence-electron chi connectivity index (χ0n) is 13.0. The summed E-state index contributed by atoms with van der Waals surface area (Å²) in [6.45, 7) is 9.68. The number of benzene rings is 1. The summed E-state index contributed by atoms with van der Waals surface area (Å²) in [6.07, 6.45) is -4.30. The molecule has 1 N–H and O–H groups in total. The first-order valence-electron chi connectivity index (χ1n) is 7.38. The topological polar surface area (TPSA) is 15.3 Å². The van der Waals surface area contributed by atoms with Crippen LogP contribution in [0.4, 0.5) is 18.9 Å². The number of rotatable bonds is 2. The van der Waals surface area contributed by atoms with Crippen molar-refractivity contribution in [2.75, 3.05) is 18.0 Å². The monoisotopic (exact) mass is 300 g/mol. The van der Waals surface area contributed by atoms with E-state index in [2.05, 4.69) is 31.0 Å². The molecule has 0 amide bonds. The number of anilines is 1. The average molecular weight is 300 g/mol. The highest BCUT2D eigenvalue weighted by Gasteiger charge is 2.33. The Bertz CT molecular complexity index is 497. The van der Waals surface area contributed by atoms with E-state index >= 15 is 0 Å². The third kappa shape index (κ3) is 3.51. The molecule has 1 aliphatic heterocycles. The van der Waals surface area contributed by atoms with Crippen LogP contribution in [0.25, 0.3) is 0 Å². The van der Waals surface area contributed by atoms with Crippen LogP contribution in [0.1, 0.15) is 31.9 Å². The van der Waals surface area contributed by atoms with Crippen molar-refractivity contribution in [1.82, 2.24) is 5.32 Å². The lowest BCUT2D eigenvalue weighted by Crippen LogP contribution is -2.57. The smallest absolute Gasteiger partial charge is 0.365 e. The average Bonchev–Trinajstić information content (AvgIpc) is 2.37. The third-order valence-electron chi connectivity index (χ3n) is 4.16. The molecule has 1 aromatic rings. The fourth-order valence-corrected chi connectivity index (χ4v) is 2.89. The fraction of sp³-hybridized carbons (Fsp3) is 0.625. The zero-order chi connectivity index (χ0) is 15.8. The Balaban J connectivity index is 2.42. The van der Waals surface area contributed by atoms with Crippen molar-refractivity contribution >= 4 is 5.69 Å². The molecule has 0 radical (unpaired) electrons. The molecular formula is C16H23F3N2. The summed E-state index contributed by atoms with van der Waals surface area (Å²) in [7, 11) is 0. The van der Waals surface area contributed by atoms with Crippen molar-refractivity contribution in [3.63, 3.8) is 0 Å². The fourth-order valence-electron chi connectivity index (χ4n) is 2.89. The van der Waals surface area contributed by atoms with E-state index in [4.69, 9.17) is 0 Å². The number of halogens is 3. The zero-order valence-corrected chi connectivity index (χ0v) is 13.0. The molecule has 2 rings (SSSR count). The molecule has 2 nitrogen and oxygen atoms in total. The maximum absolute atomic E-state index is 13.0. The highest BCUT2D eigenvalue weighted by atomic mass is 19.4. The van der Waals surface area contributed by atoms with E-state index in [0.717, 1.165) is 24.7 Å². The normalized spacial score (nSPS) is 23.7. The molecule has 5 heteroatoms. The number of nitrogens with one attached hydrogen (secondary N) is 1. The van der Waals surface area contributed by atoms with E-state index in [0.29, 0.717) is 11.6 Å². The number of alkyl halides is 3. The predicted octanol–water partition coefficient (Wildman–Crippen LogP) is 3.84. The van der Waals surface area contributed by atoms with Crippen LogP contribution in [0.15, 0.2) is 18.2 Å². The second-order valence-electron chi connectivity index (χ2n) is 6.27. The Morgan fingerprint density at radius 2 is 1.95 bits per heavy atom. The minimum atomic E-state index is -4.30. The third-order valence-corrected chi connectivity index (χ3v) is 4.16. The first-order valence-corrected chi connectivity index (χ1v) is 7.38. The van der Waals surface area contributed by atoms with Gasteiger partial charge in [0.2, 0.25) is 0 Å². The summed E-state index contributed by atoms with van der Waals surface area (Å²) in [5.74, 6) is 0.374. The van der Waals surface area contributed by atoms with Crippen molar-refractivity contribution in [2.24, 2.45) is 5.92 Å². The summed E-state index contributed by atoms with van der Waals surface area (Å²) in [6, 6.07) is 4.51.